The van der Waals surface area contributed by atoms with Gasteiger partial charge in [0.1, 0.15) is 12.7 Å². The van der Waals surface area contributed by atoms with Crippen LogP contribution in [-0.2, 0) is 17.9 Å². The lowest BCUT2D eigenvalue weighted by atomic mass is 10.2. The minimum atomic E-state index is -0.586. The van der Waals surface area contributed by atoms with Gasteiger partial charge < -0.3 is 24.5 Å². The molecular weight excluding hydrogens is 298 g/mol. The molecule has 0 atom stereocenters. The van der Waals surface area contributed by atoms with Crippen LogP contribution in [0.15, 0.2) is 36.8 Å². The van der Waals surface area contributed by atoms with Crippen LogP contribution < -0.4 is 4.90 Å². The summed E-state index contributed by atoms with van der Waals surface area (Å²) in [6, 6.07) is 7.93. The number of hydrogen-bond donors (Lipinski definition) is 0. The molecule has 0 unspecified atom stereocenters. The monoisotopic (exact) mass is 317 g/mol. The number of hydrogen-bond acceptors (Lipinski definition) is 5. The molecule has 0 spiro atoms. The summed E-state index contributed by atoms with van der Waals surface area (Å²) >= 11 is 0. The topological polar surface area (TPSA) is 84.5 Å². The fourth-order valence-corrected chi connectivity index (χ4v) is 2.07. The second-order valence-electron chi connectivity index (χ2n) is 5.47. The molecule has 0 aliphatic carbocycles. The van der Waals surface area contributed by atoms with Gasteiger partial charge in [-0.25, -0.2) is 0 Å². The zero-order valence-corrected chi connectivity index (χ0v) is 13.3. The first-order valence-electron chi connectivity index (χ1n) is 7.03. The van der Waals surface area contributed by atoms with Crippen LogP contribution in [0.4, 0.5) is 11.5 Å². The molecule has 1 aromatic heterocycles. The van der Waals surface area contributed by atoms with Crippen LogP contribution in [0.1, 0.15) is 5.56 Å². The van der Waals surface area contributed by atoms with Crippen molar-refractivity contribution in [1.29, 1.82) is 0 Å². The van der Waals surface area contributed by atoms with E-state index in [9.17, 15) is 14.9 Å². The van der Waals surface area contributed by atoms with Gasteiger partial charge in [0.2, 0.25) is 12.2 Å². The van der Waals surface area contributed by atoms with Gasteiger partial charge in [-0.1, -0.05) is 12.1 Å². The molecule has 1 heterocycles. The van der Waals surface area contributed by atoms with Crippen LogP contribution in [-0.4, -0.2) is 46.4 Å². The maximum absolute atomic E-state index is 12.2. The Kier molecular flexibility index (Phi) is 4.95. The van der Waals surface area contributed by atoms with Gasteiger partial charge >= 0.3 is 5.82 Å². The van der Waals surface area contributed by atoms with Crippen molar-refractivity contribution in [2.24, 2.45) is 0 Å². The minimum Gasteiger partial charge on any atom is -0.378 e. The Balaban J connectivity index is 1.95. The van der Waals surface area contributed by atoms with Crippen LogP contribution in [0.2, 0.25) is 0 Å². The number of likely N-dealkylation sites (N-methyl/N-ethyl adjacent to an activating group) is 1. The number of benzene rings is 1. The molecule has 0 radical (unpaired) electrons. The van der Waals surface area contributed by atoms with Crippen molar-refractivity contribution in [3.05, 3.63) is 52.5 Å². The molecule has 0 aliphatic rings. The van der Waals surface area contributed by atoms with Crippen molar-refractivity contribution < 1.29 is 9.72 Å². The summed E-state index contributed by atoms with van der Waals surface area (Å²) in [6.07, 6.45) is 2.54. The number of carbonyl (C=O) groups excluding carboxylic acids is 1. The number of anilines is 1. The number of amides is 1. The summed E-state index contributed by atoms with van der Waals surface area (Å²) in [5.41, 5.74) is 2.11. The fourth-order valence-electron chi connectivity index (χ4n) is 2.07. The molecule has 2 aromatic rings. The summed E-state index contributed by atoms with van der Waals surface area (Å²) in [7, 11) is 5.64. The van der Waals surface area contributed by atoms with E-state index in [-0.39, 0.29) is 18.3 Å². The minimum absolute atomic E-state index is 0.0210. The highest BCUT2D eigenvalue weighted by Crippen LogP contribution is 2.13. The van der Waals surface area contributed by atoms with E-state index in [2.05, 4.69) is 4.98 Å². The van der Waals surface area contributed by atoms with Gasteiger partial charge in [0.05, 0.1) is 0 Å². The SMILES string of the molecule is CN(Cc1ccc(N(C)C)cc1)C(=O)Cn1cnc([N+](=O)[O-])c1. The number of nitro groups is 1. The van der Waals surface area contributed by atoms with Crippen LogP contribution in [0.3, 0.4) is 0 Å². The van der Waals surface area contributed by atoms with Crippen molar-refractivity contribution in [2.75, 3.05) is 26.0 Å². The van der Waals surface area contributed by atoms with Gasteiger partial charge in [-0.3, -0.25) is 4.79 Å². The summed E-state index contributed by atoms with van der Waals surface area (Å²) < 4.78 is 1.41. The Morgan fingerprint density at radius 1 is 1.26 bits per heavy atom. The van der Waals surface area contributed by atoms with E-state index in [1.165, 1.54) is 17.1 Å². The summed E-state index contributed by atoms with van der Waals surface area (Å²) in [5.74, 6) is -0.409. The first-order valence-corrected chi connectivity index (χ1v) is 7.03. The molecule has 1 aromatic carbocycles. The van der Waals surface area contributed by atoms with Gasteiger partial charge in [-0.05, 0) is 27.6 Å². The van der Waals surface area contributed by atoms with Gasteiger partial charge in [-0.2, -0.15) is 0 Å². The van der Waals surface area contributed by atoms with E-state index in [0.717, 1.165) is 11.3 Å². The van der Waals surface area contributed by atoms with E-state index in [1.807, 2.05) is 43.3 Å². The normalized spacial score (nSPS) is 10.4. The van der Waals surface area contributed by atoms with Gasteiger partial charge in [0.15, 0.2) is 0 Å². The molecule has 0 fully saturated rings. The van der Waals surface area contributed by atoms with Crippen molar-refractivity contribution in [3.8, 4) is 0 Å². The van der Waals surface area contributed by atoms with E-state index in [4.69, 9.17) is 0 Å². The first kappa shape index (κ1) is 16.5. The maximum atomic E-state index is 12.2. The first-order chi connectivity index (χ1) is 10.9. The lowest BCUT2D eigenvalue weighted by molar-refractivity contribution is -0.389. The molecule has 1 amide bonds. The van der Waals surface area contributed by atoms with Crippen LogP contribution >= 0.6 is 0 Å². The highest BCUT2D eigenvalue weighted by Gasteiger charge is 2.14. The standard InChI is InChI=1S/C15H19N5O3/c1-17(2)13-6-4-12(5-7-13)8-18(3)15(21)10-19-9-14(16-11-19)20(22)23/h4-7,9,11H,8,10H2,1-3H3. The van der Waals surface area contributed by atoms with Crippen LogP contribution in [0, 0.1) is 10.1 Å². The number of nitrogens with zero attached hydrogens (tertiary/aromatic N) is 5. The summed E-state index contributed by atoms with van der Waals surface area (Å²) in [6.45, 7) is 0.496. The summed E-state index contributed by atoms with van der Waals surface area (Å²) in [4.78, 5) is 29.4. The number of carbonyl (C=O) groups is 1. The Morgan fingerprint density at radius 2 is 1.91 bits per heavy atom. The molecule has 8 heteroatoms. The number of rotatable bonds is 6. The lowest BCUT2D eigenvalue weighted by Crippen LogP contribution is -2.29. The smallest absolute Gasteiger partial charge is 0.378 e. The zero-order valence-electron chi connectivity index (χ0n) is 13.3. The number of aromatic nitrogens is 2. The van der Waals surface area contributed by atoms with E-state index in [1.54, 1.807) is 11.9 Å². The third-order valence-corrected chi connectivity index (χ3v) is 3.42. The van der Waals surface area contributed by atoms with E-state index >= 15 is 0 Å². The zero-order chi connectivity index (χ0) is 17.0. The molecule has 2 rings (SSSR count). The highest BCUT2D eigenvalue weighted by molar-refractivity contribution is 5.75. The fraction of sp³-hybridized carbons (Fsp3) is 0.333. The Hall–Kier alpha value is -2.90. The third kappa shape index (κ3) is 4.29. The lowest BCUT2D eigenvalue weighted by Gasteiger charge is -2.18. The highest BCUT2D eigenvalue weighted by atomic mass is 16.6. The Labute approximate surface area is 134 Å². The molecule has 0 bridgehead atoms. The predicted molar refractivity (Wildman–Crippen MR) is 86.1 cm³/mol. The predicted octanol–water partition coefficient (Wildman–Crippen LogP) is 1.52. The van der Waals surface area contributed by atoms with Crippen molar-refractivity contribution >= 4 is 17.4 Å². The van der Waals surface area contributed by atoms with Gasteiger partial charge in [0, 0.05) is 33.4 Å². The van der Waals surface area contributed by atoms with Crippen molar-refractivity contribution in [3.63, 3.8) is 0 Å². The van der Waals surface area contributed by atoms with Crippen molar-refractivity contribution in [2.45, 2.75) is 13.1 Å². The third-order valence-electron chi connectivity index (χ3n) is 3.42. The summed E-state index contributed by atoms with van der Waals surface area (Å²) in [5, 5.41) is 10.6. The average Bonchev–Trinajstić information content (AvgIpc) is 2.96. The second-order valence-corrected chi connectivity index (χ2v) is 5.47. The van der Waals surface area contributed by atoms with Crippen molar-refractivity contribution in [1.82, 2.24) is 14.5 Å². The van der Waals surface area contributed by atoms with Gasteiger partial charge in [0.25, 0.3) is 0 Å². The van der Waals surface area contributed by atoms with E-state index < -0.39 is 4.92 Å². The Morgan fingerprint density at radius 3 is 2.43 bits per heavy atom. The van der Waals surface area contributed by atoms with Crippen LogP contribution in [0.25, 0.3) is 0 Å². The quantitative estimate of drug-likeness (QED) is 0.595. The average molecular weight is 317 g/mol. The molecular formula is C15H19N5O3. The van der Waals surface area contributed by atoms with E-state index in [0.29, 0.717) is 6.54 Å². The molecule has 0 aliphatic heterocycles. The van der Waals surface area contributed by atoms with Gasteiger partial charge in [-0.15, -0.1) is 0 Å². The molecule has 0 N–H and O–H groups in total. The molecule has 0 saturated carbocycles. The van der Waals surface area contributed by atoms with Crippen LogP contribution in [0.5, 0.6) is 0 Å². The molecule has 0 saturated heterocycles. The second kappa shape index (κ2) is 6.91. The molecule has 122 valence electrons. The number of imidazole rings is 1. The molecule has 8 nitrogen and oxygen atoms in total. The molecule has 23 heavy (non-hydrogen) atoms. The largest absolute Gasteiger partial charge is 0.381 e. The maximum Gasteiger partial charge on any atom is 0.381 e. The Bertz CT molecular complexity index is 693.